The molecule has 1 saturated heterocycles. The van der Waals surface area contributed by atoms with E-state index in [0.717, 1.165) is 52.9 Å². The lowest BCUT2D eigenvalue weighted by molar-refractivity contribution is -0.128. The van der Waals surface area contributed by atoms with Gasteiger partial charge in [-0.2, -0.15) is 9.97 Å². The minimum atomic E-state index is -0.256. The number of phenols is 1. The normalized spacial score (nSPS) is 18.4. The van der Waals surface area contributed by atoms with Crippen LogP contribution in [-0.2, 0) is 22.5 Å². The molecule has 1 amide bonds. The molecule has 1 N–H and O–H groups in total. The number of phenolic OH excluding ortho intramolecular Hbond substituents is 1. The Morgan fingerprint density at radius 3 is 2.78 bits per heavy atom. The molecule has 0 spiro atoms. The highest BCUT2D eigenvalue weighted by Crippen LogP contribution is 2.36. The second-order valence-electron chi connectivity index (χ2n) is 12.2. The van der Waals surface area contributed by atoms with E-state index in [-0.39, 0.29) is 24.2 Å². The fourth-order valence-electron chi connectivity index (χ4n) is 6.10. The van der Waals surface area contributed by atoms with E-state index in [1.54, 1.807) is 12.1 Å². The van der Waals surface area contributed by atoms with Gasteiger partial charge in [0, 0.05) is 61.5 Å². The summed E-state index contributed by atoms with van der Waals surface area (Å²) in [5, 5.41) is 12.6. The maximum atomic E-state index is 13.1. The Kier molecular flexibility index (Phi) is 9.33. The lowest BCUT2D eigenvalue weighted by Crippen LogP contribution is -2.56. The van der Waals surface area contributed by atoms with Crippen LogP contribution in [-0.4, -0.2) is 110 Å². The molecule has 3 aromatic rings. The molecular weight excluding hydrogens is 570 g/mol. The van der Waals surface area contributed by atoms with E-state index in [4.69, 9.17) is 26.0 Å². The van der Waals surface area contributed by atoms with Gasteiger partial charge >= 0.3 is 6.01 Å². The van der Waals surface area contributed by atoms with E-state index in [0.29, 0.717) is 64.5 Å². The highest BCUT2D eigenvalue weighted by atomic mass is 16.5. The molecule has 0 unspecified atom stereocenters. The maximum absolute atomic E-state index is 13.1. The predicted molar refractivity (Wildman–Crippen MR) is 174 cm³/mol. The van der Waals surface area contributed by atoms with E-state index in [9.17, 15) is 9.90 Å². The summed E-state index contributed by atoms with van der Waals surface area (Å²) in [6.45, 7) is 12.2. The summed E-state index contributed by atoms with van der Waals surface area (Å²) in [5.74, 6) is 0.972. The van der Waals surface area contributed by atoms with Gasteiger partial charge in [-0.05, 0) is 44.8 Å². The van der Waals surface area contributed by atoms with E-state index in [2.05, 4.69) is 20.7 Å². The number of ether oxygens (including phenoxy) is 2. The molecule has 11 heteroatoms. The molecule has 45 heavy (non-hydrogen) atoms. The monoisotopic (exact) mass is 611 g/mol. The molecule has 236 valence electrons. The maximum Gasteiger partial charge on any atom is 0.318 e. The average Bonchev–Trinajstić information content (AvgIpc) is 3.86. The number of hydrogen-bond donors (Lipinski definition) is 1. The van der Waals surface area contributed by atoms with Gasteiger partial charge in [-0.1, -0.05) is 30.3 Å². The highest BCUT2D eigenvalue weighted by Gasteiger charge is 2.35. The molecule has 1 aromatic heterocycles. The van der Waals surface area contributed by atoms with Crippen molar-refractivity contribution in [3.05, 3.63) is 71.2 Å². The summed E-state index contributed by atoms with van der Waals surface area (Å²) in [5.41, 5.74) is 2.90. The van der Waals surface area contributed by atoms with Crippen molar-refractivity contribution in [1.82, 2.24) is 19.8 Å². The number of benzene rings is 2. The molecule has 1 atom stereocenters. The van der Waals surface area contributed by atoms with Crippen LogP contribution in [0.1, 0.15) is 24.1 Å². The smallest absolute Gasteiger partial charge is 0.318 e. The van der Waals surface area contributed by atoms with Crippen molar-refractivity contribution >= 4 is 28.2 Å². The van der Waals surface area contributed by atoms with Gasteiger partial charge < -0.3 is 39.0 Å². The van der Waals surface area contributed by atoms with Crippen LogP contribution >= 0.6 is 0 Å². The summed E-state index contributed by atoms with van der Waals surface area (Å²) in [6.07, 6.45) is 6.74. The summed E-state index contributed by atoms with van der Waals surface area (Å²) < 4.78 is 11.8. The van der Waals surface area contributed by atoms with Gasteiger partial charge in [-0.25, -0.2) is 6.57 Å². The van der Waals surface area contributed by atoms with Crippen molar-refractivity contribution in [1.29, 1.82) is 0 Å². The number of likely N-dealkylation sites (N-methyl/N-ethyl adjacent to an activating group) is 1. The van der Waals surface area contributed by atoms with Crippen LogP contribution in [0.25, 0.3) is 15.6 Å². The first-order chi connectivity index (χ1) is 21.9. The Labute approximate surface area is 264 Å². The number of carbonyl (C=O) groups excluding carboxylic acids is 1. The first kappa shape index (κ1) is 30.6. The van der Waals surface area contributed by atoms with Gasteiger partial charge in [0.2, 0.25) is 12.5 Å². The molecule has 11 nitrogen and oxygen atoms in total. The summed E-state index contributed by atoms with van der Waals surface area (Å²) in [4.78, 5) is 34.8. The number of anilines is 2. The Hall–Kier alpha value is -4.40. The van der Waals surface area contributed by atoms with Crippen LogP contribution in [0, 0.1) is 6.57 Å². The number of hydrogen-bond acceptors (Lipinski definition) is 9. The topological polar surface area (TPSA) is 98.9 Å². The Bertz CT molecular complexity index is 1600. The third-order valence-corrected chi connectivity index (χ3v) is 8.48. The zero-order chi connectivity index (χ0) is 31.3. The third-order valence-electron chi connectivity index (χ3n) is 8.48. The Morgan fingerprint density at radius 2 is 1.98 bits per heavy atom. The van der Waals surface area contributed by atoms with Gasteiger partial charge in [-0.3, -0.25) is 4.79 Å². The molecule has 6 rings (SSSR count). The quantitative estimate of drug-likeness (QED) is 0.198. The van der Waals surface area contributed by atoms with Gasteiger partial charge in [0.15, 0.2) is 0 Å². The molecule has 0 radical (unpaired) electrons. The van der Waals surface area contributed by atoms with Crippen molar-refractivity contribution in [2.75, 3.05) is 76.4 Å². The molecule has 0 bridgehead atoms. The van der Waals surface area contributed by atoms with Crippen LogP contribution in [0.2, 0.25) is 0 Å². The number of aromatic nitrogens is 2. The van der Waals surface area contributed by atoms with Gasteiger partial charge in [-0.15, -0.1) is 0 Å². The van der Waals surface area contributed by atoms with Crippen molar-refractivity contribution in [2.45, 2.75) is 38.0 Å². The molecule has 3 aliphatic rings. The standard InChI is InChI=1S/C34H41N7O4/c1-35-21-25-22-40(15-16-41(25)32(43)9-6-13-38(2)3)33-29-12-14-39(31-20-26(42)19-24-7-4-5-8-28(24)31)23-30(29)36-34(37-33)45-18-17-44-27-10-11-27/h4-9,19-20,25,27,42H,10-18,21-23H2,2-3H3/b9-6+/t25-/m0/s1. The van der Waals surface area contributed by atoms with E-state index >= 15 is 0 Å². The zero-order valence-electron chi connectivity index (χ0n) is 26.1. The second-order valence-corrected chi connectivity index (χ2v) is 12.2. The number of rotatable bonds is 11. The minimum Gasteiger partial charge on any atom is -0.508 e. The number of aromatic hydroxyl groups is 1. The van der Waals surface area contributed by atoms with Gasteiger partial charge in [0.25, 0.3) is 0 Å². The van der Waals surface area contributed by atoms with Gasteiger partial charge in [0.05, 0.1) is 24.9 Å². The van der Waals surface area contributed by atoms with Crippen LogP contribution < -0.4 is 14.5 Å². The first-order valence-electron chi connectivity index (χ1n) is 15.7. The van der Waals surface area contributed by atoms with Crippen molar-refractivity contribution in [2.24, 2.45) is 0 Å². The fraction of sp³-hybridized carbons (Fsp3) is 0.471. The fourth-order valence-corrected chi connectivity index (χ4v) is 6.10. The molecule has 1 saturated carbocycles. The SMILES string of the molecule is [C-]#[N+]C[C@H]1CN(c2nc(OCCOC3CC3)nc3c2CCN(c2cc(O)cc4ccccc24)C3)CCN1C(=O)/C=C/CN(C)C. The minimum absolute atomic E-state index is 0.0662. The Morgan fingerprint density at radius 1 is 1.13 bits per heavy atom. The van der Waals surface area contributed by atoms with Crippen molar-refractivity contribution in [3.63, 3.8) is 0 Å². The highest BCUT2D eigenvalue weighted by molar-refractivity contribution is 5.95. The van der Waals surface area contributed by atoms with Crippen LogP contribution in [0.15, 0.2) is 48.6 Å². The molecule has 3 heterocycles. The number of amides is 1. The predicted octanol–water partition coefficient (Wildman–Crippen LogP) is 3.51. The first-order valence-corrected chi connectivity index (χ1v) is 15.7. The molecule has 2 aliphatic heterocycles. The van der Waals surface area contributed by atoms with Crippen molar-refractivity contribution in [3.8, 4) is 11.8 Å². The van der Waals surface area contributed by atoms with E-state index in [1.807, 2.05) is 54.2 Å². The van der Waals surface area contributed by atoms with Crippen LogP contribution in [0.3, 0.4) is 0 Å². The molecule has 2 aromatic carbocycles. The second kappa shape index (κ2) is 13.7. The van der Waals surface area contributed by atoms with E-state index in [1.165, 1.54) is 0 Å². The molecule has 1 aliphatic carbocycles. The summed E-state index contributed by atoms with van der Waals surface area (Å²) in [6, 6.07) is 11.7. The number of fused-ring (bicyclic) bond motifs is 2. The van der Waals surface area contributed by atoms with Gasteiger partial charge in [0.1, 0.15) is 24.2 Å². The van der Waals surface area contributed by atoms with Crippen molar-refractivity contribution < 1.29 is 19.4 Å². The molecular formula is C34H41N7O4. The lowest BCUT2D eigenvalue weighted by atomic mass is 10.0. The lowest BCUT2D eigenvalue weighted by Gasteiger charge is -2.41. The molecule has 2 fully saturated rings. The van der Waals surface area contributed by atoms with Crippen LogP contribution in [0.5, 0.6) is 11.8 Å². The Balaban J connectivity index is 1.27. The van der Waals surface area contributed by atoms with E-state index < -0.39 is 0 Å². The number of piperazine rings is 1. The number of nitrogens with zero attached hydrogens (tertiary/aromatic N) is 7. The summed E-state index contributed by atoms with van der Waals surface area (Å²) >= 11 is 0. The number of carbonyl (C=O) groups is 1. The van der Waals surface area contributed by atoms with Crippen LogP contribution in [0.4, 0.5) is 11.5 Å². The average molecular weight is 612 g/mol. The summed E-state index contributed by atoms with van der Waals surface area (Å²) in [7, 11) is 3.92. The third kappa shape index (κ3) is 7.30. The largest absolute Gasteiger partial charge is 0.508 e. The zero-order valence-corrected chi connectivity index (χ0v) is 26.1.